The zero-order valence-corrected chi connectivity index (χ0v) is 9.45. The summed E-state index contributed by atoms with van der Waals surface area (Å²) in [4.78, 5) is 16.1. The van der Waals surface area contributed by atoms with Gasteiger partial charge >= 0.3 is 0 Å². The molecule has 0 saturated carbocycles. The molecule has 0 aliphatic heterocycles. The van der Waals surface area contributed by atoms with Crippen molar-refractivity contribution >= 4 is 10.9 Å². The van der Waals surface area contributed by atoms with E-state index in [0.29, 0.717) is 16.8 Å². The van der Waals surface area contributed by atoms with Crippen LogP contribution in [0.3, 0.4) is 0 Å². The Bertz CT molecular complexity index is 757. The minimum absolute atomic E-state index is 0.370. The van der Waals surface area contributed by atoms with Gasteiger partial charge in [-0.25, -0.2) is 0 Å². The molecule has 2 aromatic heterocycles. The molecule has 4 nitrogen and oxygen atoms in total. The molecule has 3 aromatic rings. The number of fused-ring (bicyclic) bond motifs is 1. The van der Waals surface area contributed by atoms with Crippen LogP contribution in [0, 0.1) is 0 Å². The molecule has 0 fully saturated rings. The van der Waals surface area contributed by atoms with Crippen molar-refractivity contribution in [2.75, 3.05) is 0 Å². The molecule has 0 amide bonds. The molecule has 86 valence electrons. The number of aromatic nitrogens is 3. The van der Waals surface area contributed by atoms with Gasteiger partial charge in [-0.1, -0.05) is 24.3 Å². The zero-order valence-electron chi connectivity index (χ0n) is 9.45. The molecule has 2 heterocycles. The lowest BCUT2D eigenvalue weighted by atomic mass is 10.1. The van der Waals surface area contributed by atoms with Crippen LogP contribution in [-0.4, -0.2) is 15.2 Å². The van der Waals surface area contributed by atoms with Gasteiger partial charge in [0.25, 0.3) is 5.56 Å². The molecule has 0 aliphatic carbocycles. The highest BCUT2D eigenvalue weighted by Gasteiger charge is 2.05. The van der Waals surface area contributed by atoms with E-state index in [1.165, 1.54) is 0 Å². The van der Waals surface area contributed by atoms with Gasteiger partial charge < -0.3 is 0 Å². The average molecular weight is 235 g/mol. The van der Waals surface area contributed by atoms with E-state index in [9.17, 15) is 4.79 Å². The Hall–Kier alpha value is -2.62. The highest BCUT2D eigenvalue weighted by atomic mass is 16.1. The molecular formula is C14H9N3O. The Kier molecular flexibility index (Phi) is 2.53. The topological polar surface area (TPSA) is 55.7 Å². The number of rotatable bonds is 1. The third-order valence-electron chi connectivity index (χ3n) is 2.66. The smallest absolute Gasteiger partial charge is 0.265 e. The summed E-state index contributed by atoms with van der Waals surface area (Å²) >= 11 is 0. The van der Waals surface area contributed by atoms with Crippen LogP contribution in [0.15, 0.2) is 59.5 Å². The SMILES string of the molecule is O=c1nnc2ccccc2cc1-c1ccccn1. The second-order valence-corrected chi connectivity index (χ2v) is 3.84. The molecule has 18 heavy (non-hydrogen) atoms. The van der Waals surface area contributed by atoms with Crippen molar-refractivity contribution in [3.05, 3.63) is 65.1 Å². The average Bonchev–Trinajstić information content (AvgIpc) is 2.60. The molecule has 0 atom stereocenters. The fourth-order valence-corrected chi connectivity index (χ4v) is 1.78. The fourth-order valence-electron chi connectivity index (χ4n) is 1.78. The first-order chi connectivity index (χ1) is 8.84. The van der Waals surface area contributed by atoms with Gasteiger partial charge in [-0.05, 0) is 24.3 Å². The maximum Gasteiger partial charge on any atom is 0.297 e. The van der Waals surface area contributed by atoms with Crippen LogP contribution in [0.5, 0.6) is 0 Å². The standard InChI is InChI=1S/C14H9N3O/c18-14-11(13-7-3-4-8-15-13)9-10-5-1-2-6-12(10)16-17-14/h1-9H. The third kappa shape index (κ3) is 1.84. The minimum Gasteiger partial charge on any atom is -0.265 e. The van der Waals surface area contributed by atoms with E-state index in [2.05, 4.69) is 15.2 Å². The van der Waals surface area contributed by atoms with E-state index < -0.39 is 0 Å². The highest BCUT2D eigenvalue weighted by Crippen LogP contribution is 2.15. The van der Waals surface area contributed by atoms with Gasteiger partial charge in [0.05, 0.1) is 16.8 Å². The first kappa shape index (κ1) is 10.5. The minimum atomic E-state index is -0.370. The van der Waals surface area contributed by atoms with Gasteiger partial charge in [0.15, 0.2) is 0 Å². The molecule has 0 saturated heterocycles. The molecule has 0 spiro atoms. The quantitative estimate of drug-likeness (QED) is 0.647. The monoisotopic (exact) mass is 235 g/mol. The molecule has 0 radical (unpaired) electrons. The van der Waals surface area contributed by atoms with Crippen LogP contribution < -0.4 is 5.56 Å². The van der Waals surface area contributed by atoms with Crippen LogP contribution in [-0.2, 0) is 0 Å². The van der Waals surface area contributed by atoms with Crippen molar-refractivity contribution < 1.29 is 0 Å². The molecule has 1 aromatic carbocycles. The summed E-state index contributed by atoms with van der Waals surface area (Å²) in [6, 6.07) is 14.7. The molecule has 0 unspecified atom stereocenters. The lowest BCUT2D eigenvalue weighted by Crippen LogP contribution is -2.06. The zero-order chi connectivity index (χ0) is 12.4. The first-order valence-electron chi connectivity index (χ1n) is 5.53. The van der Waals surface area contributed by atoms with E-state index >= 15 is 0 Å². The number of nitrogens with zero attached hydrogens (tertiary/aromatic N) is 3. The largest absolute Gasteiger partial charge is 0.297 e. The van der Waals surface area contributed by atoms with E-state index in [-0.39, 0.29) is 5.56 Å². The predicted molar refractivity (Wildman–Crippen MR) is 69.0 cm³/mol. The van der Waals surface area contributed by atoms with E-state index in [1.54, 1.807) is 24.4 Å². The Morgan fingerprint density at radius 1 is 0.889 bits per heavy atom. The molecule has 4 heteroatoms. The van der Waals surface area contributed by atoms with Gasteiger partial charge in [-0.2, -0.15) is 0 Å². The summed E-state index contributed by atoms with van der Waals surface area (Å²) in [6.45, 7) is 0. The van der Waals surface area contributed by atoms with E-state index in [1.807, 2.05) is 30.3 Å². The number of benzene rings is 1. The van der Waals surface area contributed by atoms with Gasteiger partial charge in [0.2, 0.25) is 0 Å². The van der Waals surface area contributed by atoms with Crippen molar-refractivity contribution in [3.63, 3.8) is 0 Å². The lowest BCUT2D eigenvalue weighted by molar-refractivity contribution is 1.04. The van der Waals surface area contributed by atoms with Gasteiger partial charge in [0, 0.05) is 11.6 Å². The number of pyridine rings is 1. The van der Waals surface area contributed by atoms with Crippen LogP contribution in [0.4, 0.5) is 0 Å². The maximum absolute atomic E-state index is 11.9. The summed E-state index contributed by atoms with van der Waals surface area (Å²) < 4.78 is 0. The first-order valence-corrected chi connectivity index (χ1v) is 5.53. The van der Waals surface area contributed by atoms with Crippen molar-refractivity contribution in [1.29, 1.82) is 0 Å². The summed E-state index contributed by atoms with van der Waals surface area (Å²) in [5.74, 6) is 0. The maximum atomic E-state index is 11.9. The van der Waals surface area contributed by atoms with Gasteiger partial charge in [0.1, 0.15) is 0 Å². The predicted octanol–water partition coefficient (Wildman–Crippen LogP) is 2.05. The molecule has 0 aliphatic rings. The Labute approximate surface area is 103 Å². The van der Waals surface area contributed by atoms with E-state index in [4.69, 9.17) is 0 Å². The van der Waals surface area contributed by atoms with Gasteiger partial charge in [-0.15, -0.1) is 10.2 Å². The van der Waals surface area contributed by atoms with Crippen LogP contribution in [0.2, 0.25) is 0 Å². The second-order valence-electron chi connectivity index (χ2n) is 3.84. The summed E-state index contributed by atoms with van der Waals surface area (Å²) in [5, 5.41) is 8.51. The van der Waals surface area contributed by atoms with Crippen molar-refractivity contribution in [3.8, 4) is 11.3 Å². The fraction of sp³-hybridized carbons (Fsp3) is 0. The molecule has 0 bridgehead atoms. The van der Waals surface area contributed by atoms with Crippen LogP contribution >= 0.6 is 0 Å². The van der Waals surface area contributed by atoms with Crippen LogP contribution in [0.25, 0.3) is 22.2 Å². The van der Waals surface area contributed by atoms with Crippen LogP contribution in [0.1, 0.15) is 0 Å². The highest BCUT2D eigenvalue weighted by molar-refractivity contribution is 5.81. The summed E-state index contributed by atoms with van der Waals surface area (Å²) in [5.41, 5.74) is 1.39. The van der Waals surface area contributed by atoms with Crippen molar-refractivity contribution in [1.82, 2.24) is 15.2 Å². The van der Waals surface area contributed by atoms with Crippen molar-refractivity contribution in [2.24, 2.45) is 0 Å². The van der Waals surface area contributed by atoms with Gasteiger partial charge in [-0.3, -0.25) is 9.78 Å². The summed E-state index contributed by atoms with van der Waals surface area (Å²) in [6.07, 6.45) is 1.65. The molecule has 3 rings (SSSR count). The number of hydrogen-bond donors (Lipinski definition) is 0. The normalized spacial score (nSPS) is 10.4. The summed E-state index contributed by atoms with van der Waals surface area (Å²) in [7, 11) is 0. The molecular weight excluding hydrogens is 226 g/mol. The Morgan fingerprint density at radius 2 is 1.72 bits per heavy atom. The second kappa shape index (κ2) is 4.33. The third-order valence-corrected chi connectivity index (χ3v) is 2.66. The number of hydrogen-bond acceptors (Lipinski definition) is 4. The van der Waals surface area contributed by atoms with Crippen molar-refractivity contribution in [2.45, 2.75) is 0 Å². The van der Waals surface area contributed by atoms with E-state index in [0.717, 1.165) is 5.39 Å². The molecule has 0 N–H and O–H groups in total. The Balaban J connectivity index is 2.37. The lowest BCUT2D eigenvalue weighted by Gasteiger charge is -1.94. The Morgan fingerprint density at radius 3 is 2.56 bits per heavy atom.